The Hall–Kier alpha value is -2.55. The molecule has 0 aliphatic heterocycles. The molecule has 1 heterocycles. The van der Waals surface area contributed by atoms with Gasteiger partial charge in [-0.25, -0.2) is 13.8 Å². The molecular formula is C19H13Cl2F2N3O2S. The Balaban J connectivity index is 1.55. The number of halogens is 4. The van der Waals surface area contributed by atoms with E-state index < -0.39 is 30.0 Å². The van der Waals surface area contributed by atoms with Gasteiger partial charge in [0, 0.05) is 23.6 Å². The maximum Gasteiger partial charge on any atom is 0.254 e. The normalized spacial score (nSPS) is 10.6. The van der Waals surface area contributed by atoms with Crippen molar-refractivity contribution >= 4 is 51.5 Å². The van der Waals surface area contributed by atoms with E-state index in [4.69, 9.17) is 23.2 Å². The first-order valence-electron chi connectivity index (χ1n) is 8.24. The largest absolute Gasteiger partial charge is 0.343 e. The average molecular weight is 456 g/mol. The summed E-state index contributed by atoms with van der Waals surface area (Å²) in [5.74, 6) is -3.17. The van der Waals surface area contributed by atoms with Gasteiger partial charge in [-0.1, -0.05) is 35.3 Å². The van der Waals surface area contributed by atoms with Crippen molar-refractivity contribution in [1.82, 2.24) is 10.3 Å². The number of hydrogen-bond donors (Lipinski definition) is 2. The van der Waals surface area contributed by atoms with E-state index in [0.29, 0.717) is 27.7 Å². The maximum absolute atomic E-state index is 13.6. The summed E-state index contributed by atoms with van der Waals surface area (Å²) >= 11 is 13.4. The minimum Gasteiger partial charge on any atom is -0.343 e. The van der Waals surface area contributed by atoms with Gasteiger partial charge >= 0.3 is 0 Å². The van der Waals surface area contributed by atoms with Gasteiger partial charge in [0.1, 0.15) is 11.6 Å². The van der Waals surface area contributed by atoms with Crippen LogP contribution in [0, 0.1) is 11.6 Å². The topological polar surface area (TPSA) is 71.1 Å². The van der Waals surface area contributed by atoms with Crippen LogP contribution in [0.3, 0.4) is 0 Å². The summed E-state index contributed by atoms with van der Waals surface area (Å²) in [5, 5.41) is 6.07. The highest BCUT2D eigenvalue weighted by atomic mass is 35.5. The lowest BCUT2D eigenvalue weighted by Gasteiger charge is -2.06. The minimum atomic E-state index is -1.01. The predicted molar refractivity (Wildman–Crippen MR) is 109 cm³/mol. The molecule has 3 aromatic rings. The van der Waals surface area contributed by atoms with Crippen LogP contribution in [0.5, 0.6) is 0 Å². The third kappa shape index (κ3) is 5.50. The lowest BCUT2D eigenvalue weighted by Crippen LogP contribution is -2.33. The number of thiazole rings is 1. The van der Waals surface area contributed by atoms with Gasteiger partial charge in [-0.05, 0) is 23.8 Å². The molecule has 0 atom stereocenters. The Morgan fingerprint density at radius 1 is 1.14 bits per heavy atom. The van der Waals surface area contributed by atoms with Crippen molar-refractivity contribution in [3.05, 3.63) is 80.3 Å². The molecule has 5 nitrogen and oxygen atoms in total. The zero-order chi connectivity index (χ0) is 21.0. The molecule has 0 unspecified atom stereocenters. The molecule has 1 aromatic heterocycles. The van der Waals surface area contributed by atoms with E-state index in [2.05, 4.69) is 15.6 Å². The summed E-state index contributed by atoms with van der Waals surface area (Å²) < 4.78 is 26.5. The number of rotatable bonds is 6. The number of benzene rings is 2. The van der Waals surface area contributed by atoms with E-state index in [1.165, 1.54) is 11.3 Å². The second-order valence-corrected chi connectivity index (χ2v) is 7.78. The molecular weight excluding hydrogens is 443 g/mol. The van der Waals surface area contributed by atoms with E-state index in [1.807, 2.05) is 6.07 Å². The molecule has 2 aromatic carbocycles. The van der Waals surface area contributed by atoms with Crippen LogP contribution in [0.2, 0.25) is 10.0 Å². The second-order valence-electron chi connectivity index (χ2n) is 5.88. The average Bonchev–Trinajstić information content (AvgIpc) is 3.10. The lowest BCUT2D eigenvalue weighted by atomic mass is 10.1. The van der Waals surface area contributed by atoms with Crippen molar-refractivity contribution < 1.29 is 18.4 Å². The Morgan fingerprint density at radius 2 is 1.93 bits per heavy atom. The first kappa shape index (κ1) is 21.2. The van der Waals surface area contributed by atoms with Crippen LogP contribution < -0.4 is 10.6 Å². The molecule has 0 saturated carbocycles. The fourth-order valence-electron chi connectivity index (χ4n) is 2.41. The number of nitrogens with one attached hydrogen (secondary N) is 2. The molecule has 2 amide bonds. The van der Waals surface area contributed by atoms with Gasteiger partial charge < -0.3 is 10.6 Å². The van der Waals surface area contributed by atoms with Crippen molar-refractivity contribution in [2.45, 2.75) is 6.42 Å². The molecule has 29 heavy (non-hydrogen) atoms. The van der Waals surface area contributed by atoms with E-state index in [9.17, 15) is 18.4 Å². The van der Waals surface area contributed by atoms with Crippen molar-refractivity contribution in [3.8, 4) is 0 Å². The first-order chi connectivity index (χ1) is 13.8. The van der Waals surface area contributed by atoms with Crippen LogP contribution in [0.15, 0.2) is 42.6 Å². The number of hydrogen-bond acceptors (Lipinski definition) is 4. The molecule has 0 aliphatic rings. The number of carbonyl (C=O) groups is 2. The fourth-order valence-corrected chi connectivity index (χ4v) is 3.65. The van der Waals surface area contributed by atoms with Crippen LogP contribution in [0.1, 0.15) is 20.8 Å². The maximum atomic E-state index is 13.6. The lowest BCUT2D eigenvalue weighted by molar-refractivity contribution is -0.115. The van der Waals surface area contributed by atoms with Gasteiger partial charge in [-0.15, -0.1) is 11.3 Å². The molecule has 0 saturated heterocycles. The quantitative estimate of drug-likeness (QED) is 0.566. The van der Waals surface area contributed by atoms with Crippen molar-refractivity contribution in [1.29, 1.82) is 0 Å². The predicted octanol–water partition coefficient (Wildman–Crippen LogP) is 4.69. The minimum absolute atomic E-state index is 0.338. The molecule has 10 heteroatoms. The highest BCUT2D eigenvalue weighted by molar-refractivity contribution is 7.15. The molecule has 2 N–H and O–H groups in total. The third-order valence-electron chi connectivity index (χ3n) is 3.78. The standard InChI is InChI=1S/C19H13Cl2F2N3O2S/c20-14-3-1-2-10(17(14)21)6-12-8-25-19(29-12)26-16(27)9-24-18(28)13-5-4-11(22)7-15(13)23/h1-5,7-8H,6,9H2,(H,24,28)(H,25,26,27). The summed E-state index contributed by atoms with van der Waals surface area (Å²) in [6.45, 7) is -0.398. The smallest absolute Gasteiger partial charge is 0.254 e. The van der Waals surface area contributed by atoms with Crippen LogP contribution >= 0.6 is 34.5 Å². The van der Waals surface area contributed by atoms with Gasteiger partial charge in [-0.3, -0.25) is 9.59 Å². The Morgan fingerprint density at radius 3 is 2.69 bits per heavy atom. The number of nitrogens with zero attached hydrogens (tertiary/aromatic N) is 1. The Bertz CT molecular complexity index is 1080. The molecule has 0 bridgehead atoms. The summed E-state index contributed by atoms with van der Waals surface area (Å²) in [4.78, 5) is 28.9. The Kier molecular flexibility index (Phi) is 6.79. The number of amides is 2. The van der Waals surface area contributed by atoms with E-state index in [-0.39, 0.29) is 5.56 Å². The monoisotopic (exact) mass is 455 g/mol. The number of carbonyl (C=O) groups excluding carboxylic acids is 2. The van der Waals surface area contributed by atoms with Gasteiger partial charge in [0.15, 0.2) is 5.13 Å². The Labute approximate surface area is 178 Å². The van der Waals surface area contributed by atoms with Crippen LogP contribution in [-0.4, -0.2) is 23.3 Å². The van der Waals surface area contributed by atoms with Gasteiger partial charge in [0.25, 0.3) is 5.91 Å². The zero-order valence-corrected chi connectivity index (χ0v) is 17.0. The zero-order valence-electron chi connectivity index (χ0n) is 14.6. The summed E-state index contributed by atoms with van der Waals surface area (Å²) in [6, 6.07) is 7.89. The van der Waals surface area contributed by atoms with Gasteiger partial charge in [0.2, 0.25) is 5.91 Å². The third-order valence-corrected chi connectivity index (χ3v) is 5.55. The van der Waals surface area contributed by atoms with E-state index in [0.717, 1.165) is 22.6 Å². The van der Waals surface area contributed by atoms with Crippen LogP contribution in [0.4, 0.5) is 13.9 Å². The molecule has 3 rings (SSSR count). The fraction of sp³-hybridized carbons (Fsp3) is 0.105. The molecule has 0 aliphatic carbocycles. The summed E-state index contributed by atoms with van der Waals surface area (Å²) in [5.41, 5.74) is 0.475. The first-order valence-corrected chi connectivity index (χ1v) is 9.81. The van der Waals surface area contributed by atoms with Crippen LogP contribution in [0.25, 0.3) is 0 Å². The molecule has 0 fully saturated rings. The number of anilines is 1. The highest BCUT2D eigenvalue weighted by Crippen LogP contribution is 2.29. The number of aromatic nitrogens is 1. The highest BCUT2D eigenvalue weighted by Gasteiger charge is 2.14. The SMILES string of the molecule is O=C(CNC(=O)c1ccc(F)cc1F)Nc1ncc(Cc2cccc(Cl)c2Cl)s1. The van der Waals surface area contributed by atoms with E-state index >= 15 is 0 Å². The van der Waals surface area contributed by atoms with Gasteiger partial charge in [0.05, 0.1) is 22.2 Å². The van der Waals surface area contributed by atoms with Gasteiger partial charge in [-0.2, -0.15) is 0 Å². The van der Waals surface area contributed by atoms with Crippen molar-refractivity contribution in [2.24, 2.45) is 0 Å². The van der Waals surface area contributed by atoms with Crippen LogP contribution in [-0.2, 0) is 11.2 Å². The molecule has 150 valence electrons. The molecule has 0 radical (unpaired) electrons. The van der Waals surface area contributed by atoms with E-state index in [1.54, 1.807) is 18.3 Å². The second kappa shape index (κ2) is 9.30. The summed E-state index contributed by atoms with van der Waals surface area (Å²) in [7, 11) is 0. The molecule has 0 spiro atoms. The van der Waals surface area contributed by atoms with Crippen molar-refractivity contribution in [3.63, 3.8) is 0 Å². The summed E-state index contributed by atoms with van der Waals surface area (Å²) in [6.07, 6.45) is 2.09. The van der Waals surface area contributed by atoms with Crippen molar-refractivity contribution in [2.75, 3.05) is 11.9 Å².